The van der Waals surface area contributed by atoms with Crippen LogP contribution in [0.4, 0.5) is 11.6 Å². The lowest BCUT2D eigenvalue weighted by Gasteiger charge is -2.24. The van der Waals surface area contributed by atoms with Gasteiger partial charge in [0.25, 0.3) is 0 Å². The van der Waals surface area contributed by atoms with Gasteiger partial charge in [-0.3, -0.25) is 4.79 Å². The van der Waals surface area contributed by atoms with Crippen LogP contribution in [0.5, 0.6) is 0 Å². The SMILES string of the molecule is CNC(=O)C1(C)CCN(c2nc(C3CC3)nc(N)c2C)C1. The van der Waals surface area contributed by atoms with E-state index in [1.165, 1.54) is 0 Å². The summed E-state index contributed by atoms with van der Waals surface area (Å²) in [6, 6.07) is 0. The minimum atomic E-state index is -0.360. The normalized spacial score (nSPS) is 25.2. The zero-order valence-corrected chi connectivity index (χ0v) is 12.9. The molecule has 2 aliphatic rings. The van der Waals surface area contributed by atoms with Crippen LogP contribution in [0.25, 0.3) is 0 Å². The Morgan fingerprint density at radius 2 is 2.14 bits per heavy atom. The van der Waals surface area contributed by atoms with Gasteiger partial charge in [0.15, 0.2) is 0 Å². The molecule has 0 spiro atoms. The van der Waals surface area contributed by atoms with Crippen molar-refractivity contribution in [3.63, 3.8) is 0 Å². The second-order valence-electron chi connectivity index (χ2n) is 6.50. The summed E-state index contributed by atoms with van der Waals surface area (Å²) in [6.07, 6.45) is 3.13. The van der Waals surface area contributed by atoms with E-state index in [-0.39, 0.29) is 11.3 Å². The summed E-state index contributed by atoms with van der Waals surface area (Å²) < 4.78 is 0. The van der Waals surface area contributed by atoms with Gasteiger partial charge in [0.05, 0.1) is 5.41 Å². The van der Waals surface area contributed by atoms with Crippen LogP contribution in [-0.2, 0) is 4.79 Å². The molecule has 1 aliphatic carbocycles. The highest BCUT2D eigenvalue weighted by Crippen LogP contribution is 2.41. The third-order valence-electron chi connectivity index (χ3n) is 4.67. The Bertz CT molecular complexity index is 584. The van der Waals surface area contributed by atoms with Crippen LogP contribution < -0.4 is 16.0 Å². The second kappa shape index (κ2) is 4.86. The fraction of sp³-hybridized carbons (Fsp3) is 0.667. The van der Waals surface area contributed by atoms with Crippen molar-refractivity contribution in [2.24, 2.45) is 5.41 Å². The van der Waals surface area contributed by atoms with Gasteiger partial charge in [0.2, 0.25) is 5.91 Å². The van der Waals surface area contributed by atoms with Gasteiger partial charge in [0.1, 0.15) is 17.5 Å². The average molecular weight is 289 g/mol. The Morgan fingerprint density at radius 1 is 1.43 bits per heavy atom. The van der Waals surface area contributed by atoms with Crippen molar-refractivity contribution in [2.45, 2.75) is 39.0 Å². The maximum Gasteiger partial charge on any atom is 0.227 e. The van der Waals surface area contributed by atoms with Gasteiger partial charge in [-0.2, -0.15) is 0 Å². The molecule has 3 N–H and O–H groups in total. The van der Waals surface area contributed by atoms with Gasteiger partial charge in [-0.15, -0.1) is 0 Å². The Hall–Kier alpha value is -1.85. The minimum absolute atomic E-state index is 0.0899. The third kappa shape index (κ3) is 2.43. The van der Waals surface area contributed by atoms with Crippen LogP contribution in [0.15, 0.2) is 0 Å². The van der Waals surface area contributed by atoms with Gasteiger partial charge in [-0.05, 0) is 33.1 Å². The molecule has 0 bridgehead atoms. The van der Waals surface area contributed by atoms with Crippen LogP contribution in [0, 0.1) is 12.3 Å². The number of nitrogen functional groups attached to an aromatic ring is 1. The number of hydrogen-bond donors (Lipinski definition) is 2. The molecule has 6 heteroatoms. The minimum Gasteiger partial charge on any atom is -0.383 e. The summed E-state index contributed by atoms with van der Waals surface area (Å²) in [5, 5.41) is 2.76. The van der Waals surface area contributed by atoms with Crippen molar-refractivity contribution in [1.82, 2.24) is 15.3 Å². The average Bonchev–Trinajstić information content (AvgIpc) is 3.24. The van der Waals surface area contributed by atoms with Gasteiger partial charge < -0.3 is 16.0 Å². The first-order valence-electron chi connectivity index (χ1n) is 7.56. The summed E-state index contributed by atoms with van der Waals surface area (Å²) >= 11 is 0. The number of nitrogens with one attached hydrogen (secondary N) is 1. The van der Waals surface area contributed by atoms with Gasteiger partial charge >= 0.3 is 0 Å². The van der Waals surface area contributed by atoms with Gasteiger partial charge in [-0.1, -0.05) is 0 Å². The molecule has 2 heterocycles. The number of carbonyl (C=O) groups excluding carboxylic acids is 1. The van der Waals surface area contributed by atoms with Gasteiger partial charge in [-0.25, -0.2) is 9.97 Å². The first-order chi connectivity index (χ1) is 9.94. The highest BCUT2D eigenvalue weighted by molar-refractivity contribution is 5.83. The molecule has 1 aliphatic heterocycles. The molecule has 0 aromatic carbocycles. The number of aromatic nitrogens is 2. The molecule has 0 radical (unpaired) electrons. The molecule has 1 saturated carbocycles. The number of rotatable bonds is 3. The van der Waals surface area contributed by atoms with Crippen molar-refractivity contribution in [2.75, 3.05) is 30.8 Å². The van der Waals surface area contributed by atoms with E-state index in [1.807, 2.05) is 13.8 Å². The van der Waals surface area contributed by atoms with Crippen LogP contribution in [-0.4, -0.2) is 36.0 Å². The standard InChI is InChI=1S/C15H23N5O/c1-9-11(16)18-12(10-4-5-10)19-13(9)20-7-6-15(2,8-20)14(21)17-3/h10H,4-8H2,1-3H3,(H,17,21)(H2,16,18,19). The van der Waals surface area contributed by atoms with E-state index < -0.39 is 0 Å². The third-order valence-corrected chi connectivity index (χ3v) is 4.67. The number of nitrogens with zero attached hydrogens (tertiary/aromatic N) is 3. The zero-order valence-electron chi connectivity index (χ0n) is 12.9. The molecule has 1 unspecified atom stereocenters. The number of hydrogen-bond acceptors (Lipinski definition) is 5. The van der Waals surface area contributed by atoms with Crippen molar-refractivity contribution in [3.05, 3.63) is 11.4 Å². The van der Waals surface area contributed by atoms with Crippen molar-refractivity contribution < 1.29 is 4.79 Å². The van der Waals surface area contributed by atoms with Crippen LogP contribution >= 0.6 is 0 Å². The summed E-state index contributed by atoms with van der Waals surface area (Å²) in [6.45, 7) is 5.46. The number of amides is 1. The second-order valence-corrected chi connectivity index (χ2v) is 6.50. The van der Waals surface area contributed by atoms with E-state index in [4.69, 9.17) is 10.7 Å². The fourth-order valence-electron chi connectivity index (χ4n) is 3.00. The highest BCUT2D eigenvalue weighted by Gasteiger charge is 2.41. The first kappa shape index (κ1) is 14.1. The maximum absolute atomic E-state index is 12.1. The smallest absolute Gasteiger partial charge is 0.227 e. The lowest BCUT2D eigenvalue weighted by Crippen LogP contribution is -2.39. The lowest BCUT2D eigenvalue weighted by atomic mass is 9.89. The Morgan fingerprint density at radius 3 is 2.76 bits per heavy atom. The summed E-state index contributed by atoms with van der Waals surface area (Å²) in [5.41, 5.74) is 6.61. The zero-order chi connectivity index (χ0) is 15.2. The van der Waals surface area contributed by atoms with E-state index in [0.717, 1.165) is 43.0 Å². The first-order valence-corrected chi connectivity index (χ1v) is 7.56. The predicted octanol–water partition coefficient (Wildman–Crippen LogP) is 1.21. The number of anilines is 2. The van der Waals surface area contributed by atoms with E-state index in [0.29, 0.717) is 18.3 Å². The summed E-state index contributed by atoms with van der Waals surface area (Å²) in [5.74, 6) is 2.89. The summed E-state index contributed by atoms with van der Waals surface area (Å²) in [4.78, 5) is 23.4. The molecule has 1 amide bonds. The Labute approximate surface area is 125 Å². The molecule has 2 fully saturated rings. The molecule has 1 aromatic rings. The molecule has 114 valence electrons. The predicted molar refractivity (Wildman–Crippen MR) is 82.2 cm³/mol. The molecule has 1 atom stereocenters. The van der Waals surface area contributed by atoms with Crippen molar-refractivity contribution in [3.8, 4) is 0 Å². The monoisotopic (exact) mass is 289 g/mol. The molecule has 1 aromatic heterocycles. The topological polar surface area (TPSA) is 84.1 Å². The maximum atomic E-state index is 12.1. The van der Waals surface area contributed by atoms with Crippen LogP contribution in [0.3, 0.4) is 0 Å². The summed E-state index contributed by atoms with van der Waals surface area (Å²) in [7, 11) is 1.69. The Kier molecular flexibility index (Phi) is 3.26. The van der Waals surface area contributed by atoms with Crippen LogP contribution in [0.1, 0.15) is 43.5 Å². The highest BCUT2D eigenvalue weighted by atomic mass is 16.2. The molecule has 3 rings (SSSR count). The molecular weight excluding hydrogens is 266 g/mol. The van der Waals surface area contributed by atoms with E-state index in [2.05, 4.69) is 15.2 Å². The molecule has 21 heavy (non-hydrogen) atoms. The van der Waals surface area contributed by atoms with E-state index in [1.54, 1.807) is 7.05 Å². The molecular formula is C15H23N5O. The molecule has 6 nitrogen and oxygen atoms in total. The fourth-order valence-corrected chi connectivity index (χ4v) is 3.00. The number of carbonyl (C=O) groups is 1. The largest absolute Gasteiger partial charge is 0.383 e. The quantitative estimate of drug-likeness (QED) is 0.873. The van der Waals surface area contributed by atoms with Crippen molar-refractivity contribution >= 4 is 17.5 Å². The van der Waals surface area contributed by atoms with Gasteiger partial charge in [0, 0.05) is 31.6 Å². The van der Waals surface area contributed by atoms with E-state index in [9.17, 15) is 4.79 Å². The van der Waals surface area contributed by atoms with E-state index >= 15 is 0 Å². The lowest BCUT2D eigenvalue weighted by molar-refractivity contribution is -0.128. The van der Waals surface area contributed by atoms with Crippen molar-refractivity contribution in [1.29, 1.82) is 0 Å². The Balaban J connectivity index is 1.89. The number of nitrogens with two attached hydrogens (primary N) is 1. The van der Waals surface area contributed by atoms with Crippen LogP contribution in [0.2, 0.25) is 0 Å². The molecule has 1 saturated heterocycles.